The number of carboxylic acids is 1. The highest BCUT2D eigenvalue weighted by atomic mass is 19.4. The SMILES string of the molecule is Cc1cnc(N(CCCOc2ccc3c(c2)c(CC(=O)O)cn3C)Cc2ccc(C(F)(F)F)cc2)nc1. The molecule has 0 atom stereocenters. The third kappa shape index (κ3) is 6.58. The zero-order valence-electron chi connectivity index (χ0n) is 20.5. The van der Waals surface area contributed by atoms with E-state index in [4.69, 9.17) is 4.74 Å². The van der Waals surface area contributed by atoms with E-state index >= 15 is 0 Å². The number of halogens is 3. The second kappa shape index (κ2) is 10.9. The van der Waals surface area contributed by atoms with Gasteiger partial charge in [-0.05, 0) is 60.4 Å². The monoisotopic (exact) mass is 512 g/mol. The molecule has 0 fully saturated rings. The number of nitrogens with zero attached hydrogens (tertiary/aromatic N) is 4. The molecule has 4 aromatic rings. The summed E-state index contributed by atoms with van der Waals surface area (Å²) in [5, 5.41) is 10.0. The second-order valence-electron chi connectivity index (χ2n) is 8.89. The first-order valence-electron chi connectivity index (χ1n) is 11.7. The fraction of sp³-hybridized carbons (Fsp3) is 0.296. The Bertz CT molecular complexity index is 1370. The average molecular weight is 513 g/mol. The van der Waals surface area contributed by atoms with Gasteiger partial charge in [-0.1, -0.05) is 12.1 Å². The molecule has 37 heavy (non-hydrogen) atoms. The maximum absolute atomic E-state index is 12.9. The lowest BCUT2D eigenvalue weighted by Gasteiger charge is -2.23. The predicted molar refractivity (Wildman–Crippen MR) is 134 cm³/mol. The molecule has 0 unspecified atom stereocenters. The minimum absolute atomic E-state index is 0.0732. The fourth-order valence-corrected chi connectivity index (χ4v) is 4.11. The van der Waals surface area contributed by atoms with Crippen LogP contribution in [0.15, 0.2) is 61.1 Å². The molecule has 2 heterocycles. The fourth-order valence-electron chi connectivity index (χ4n) is 4.11. The minimum atomic E-state index is -4.38. The Hall–Kier alpha value is -4.08. The molecule has 1 N–H and O–H groups in total. The third-order valence-corrected chi connectivity index (χ3v) is 5.93. The lowest BCUT2D eigenvalue weighted by molar-refractivity contribution is -0.138. The molecule has 0 amide bonds. The molecule has 0 aliphatic heterocycles. The van der Waals surface area contributed by atoms with Crippen molar-refractivity contribution in [1.82, 2.24) is 14.5 Å². The molecule has 0 saturated heterocycles. The van der Waals surface area contributed by atoms with E-state index in [1.165, 1.54) is 12.1 Å². The van der Waals surface area contributed by atoms with Crippen molar-refractivity contribution in [2.24, 2.45) is 7.05 Å². The van der Waals surface area contributed by atoms with Gasteiger partial charge < -0.3 is 19.3 Å². The Morgan fingerprint density at radius 2 is 1.81 bits per heavy atom. The number of alkyl halides is 3. The van der Waals surface area contributed by atoms with E-state index in [2.05, 4.69) is 9.97 Å². The van der Waals surface area contributed by atoms with E-state index in [1.54, 1.807) is 12.4 Å². The van der Waals surface area contributed by atoms with Gasteiger partial charge in [-0.2, -0.15) is 13.2 Å². The average Bonchev–Trinajstić information content (AvgIpc) is 3.15. The largest absolute Gasteiger partial charge is 0.494 e. The molecule has 2 aromatic carbocycles. The van der Waals surface area contributed by atoms with Crippen LogP contribution in [-0.4, -0.2) is 38.8 Å². The molecule has 7 nitrogen and oxygen atoms in total. The molecule has 0 aliphatic carbocycles. The number of anilines is 1. The number of carboxylic acid groups (broad SMARTS) is 1. The highest BCUT2D eigenvalue weighted by Crippen LogP contribution is 2.29. The van der Waals surface area contributed by atoms with Gasteiger partial charge in [-0.25, -0.2) is 9.97 Å². The molecule has 0 bridgehead atoms. The van der Waals surface area contributed by atoms with Crippen LogP contribution in [0.1, 0.15) is 28.7 Å². The summed E-state index contributed by atoms with van der Waals surface area (Å²) in [6, 6.07) is 10.7. The quantitative estimate of drug-likeness (QED) is 0.287. The highest BCUT2D eigenvalue weighted by molar-refractivity contribution is 5.88. The van der Waals surface area contributed by atoms with Gasteiger partial charge >= 0.3 is 12.1 Å². The molecule has 4 rings (SSSR count). The van der Waals surface area contributed by atoms with Crippen LogP contribution in [0.5, 0.6) is 5.75 Å². The Labute approximate surface area is 212 Å². The molecule has 2 aromatic heterocycles. The van der Waals surface area contributed by atoms with Gasteiger partial charge in [0, 0.05) is 49.6 Å². The maximum Gasteiger partial charge on any atom is 0.416 e. The standard InChI is InChI=1S/C27H27F3N4O3/c1-18-14-31-26(32-15-18)34(16-19-4-6-21(7-5-19)27(28,29)30)10-3-11-37-22-8-9-24-23(13-22)20(12-25(35)36)17-33(24)2/h4-9,13-15,17H,3,10-12,16H2,1-2H3,(H,35,36). The van der Waals surface area contributed by atoms with Crippen molar-refractivity contribution in [2.45, 2.75) is 32.5 Å². The van der Waals surface area contributed by atoms with Gasteiger partial charge in [0.15, 0.2) is 0 Å². The normalized spacial score (nSPS) is 11.6. The molecule has 194 valence electrons. The smallest absolute Gasteiger partial charge is 0.416 e. The number of rotatable bonds is 10. The summed E-state index contributed by atoms with van der Waals surface area (Å²) >= 11 is 0. The van der Waals surface area contributed by atoms with E-state index in [1.807, 2.05) is 47.8 Å². The van der Waals surface area contributed by atoms with Crippen LogP contribution in [-0.2, 0) is 31.0 Å². The van der Waals surface area contributed by atoms with Crippen LogP contribution >= 0.6 is 0 Å². The topological polar surface area (TPSA) is 80.5 Å². The summed E-state index contributed by atoms with van der Waals surface area (Å²) < 4.78 is 46.6. The summed E-state index contributed by atoms with van der Waals surface area (Å²) in [6.07, 6.45) is 1.35. The van der Waals surface area contributed by atoms with Crippen molar-refractivity contribution in [3.8, 4) is 5.75 Å². The van der Waals surface area contributed by atoms with Gasteiger partial charge in [0.1, 0.15) is 5.75 Å². The van der Waals surface area contributed by atoms with Crippen LogP contribution in [0.25, 0.3) is 10.9 Å². The molecule has 0 saturated carbocycles. The first-order valence-corrected chi connectivity index (χ1v) is 11.7. The molecule has 10 heteroatoms. The number of hydrogen-bond acceptors (Lipinski definition) is 5. The number of benzene rings is 2. The van der Waals surface area contributed by atoms with E-state index in [0.29, 0.717) is 43.4 Å². The molecular formula is C27H27F3N4O3. The number of aromatic nitrogens is 3. The summed E-state index contributed by atoms with van der Waals surface area (Å²) in [7, 11) is 1.87. The van der Waals surface area contributed by atoms with Gasteiger partial charge in [0.05, 0.1) is 18.6 Å². The van der Waals surface area contributed by atoms with Crippen LogP contribution < -0.4 is 9.64 Å². The molecule has 0 spiro atoms. The van der Waals surface area contributed by atoms with Crippen LogP contribution in [0.2, 0.25) is 0 Å². The van der Waals surface area contributed by atoms with Crippen LogP contribution in [0.4, 0.5) is 19.1 Å². The van der Waals surface area contributed by atoms with E-state index < -0.39 is 17.7 Å². The summed E-state index contributed by atoms with van der Waals surface area (Å²) in [4.78, 5) is 21.9. The first-order chi connectivity index (χ1) is 17.6. The summed E-state index contributed by atoms with van der Waals surface area (Å²) in [5.41, 5.74) is 2.56. The van der Waals surface area contributed by atoms with Crippen molar-refractivity contribution in [3.05, 3.63) is 83.3 Å². The zero-order chi connectivity index (χ0) is 26.6. The predicted octanol–water partition coefficient (Wildman–Crippen LogP) is 5.40. The number of aryl methyl sites for hydroxylation is 2. The van der Waals surface area contributed by atoms with Crippen molar-refractivity contribution in [3.63, 3.8) is 0 Å². The Kier molecular flexibility index (Phi) is 7.66. The highest BCUT2D eigenvalue weighted by Gasteiger charge is 2.30. The third-order valence-electron chi connectivity index (χ3n) is 5.93. The lowest BCUT2D eigenvalue weighted by atomic mass is 10.1. The van der Waals surface area contributed by atoms with Crippen molar-refractivity contribution < 1.29 is 27.8 Å². The van der Waals surface area contributed by atoms with Crippen molar-refractivity contribution >= 4 is 22.8 Å². The van der Waals surface area contributed by atoms with Crippen LogP contribution in [0, 0.1) is 6.92 Å². The van der Waals surface area contributed by atoms with E-state index in [0.717, 1.165) is 34.2 Å². The maximum atomic E-state index is 12.9. The number of hydrogen-bond donors (Lipinski definition) is 1. The van der Waals surface area contributed by atoms with Crippen molar-refractivity contribution in [2.75, 3.05) is 18.1 Å². The lowest BCUT2D eigenvalue weighted by Crippen LogP contribution is -2.27. The van der Waals surface area contributed by atoms with E-state index in [9.17, 15) is 23.1 Å². The Morgan fingerprint density at radius 1 is 1.11 bits per heavy atom. The number of carbonyl (C=O) groups is 1. The number of aliphatic carboxylic acids is 1. The Morgan fingerprint density at radius 3 is 2.46 bits per heavy atom. The van der Waals surface area contributed by atoms with Crippen molar-refractivity contribution in [1.29, 1.82) is 0 Å². The molecular weight excluding hydrogens is 485 g/mol. The molecule has 0 aliphatic rings. The number of ether oxygens (including phenoxy) is 1. The van der Waals surface area contributed by atoms with Gasteiger partial charge in [0.25, 0.3) is 0 Å². The Balaban J connectivity index is 1.42. The van der Waals surface area contributed by atoms with Gasteiger partial charge in [0.2, 0.25) is 5.95 Å². The minimum Gasteiger partial charge on any atom is -0.494 e. The van der Waals surface area contributed by atoms with Crippen LogP contribution in [0.3, 0.4) is 0 Å². The second-order valence-corrected chi connectivity index (χ2v) is 8.89. The first kappa shape index (κ1) is 26.0. The van der Waals surface area contributed by atoms with Gasteiger partial charge in [-0.3, -0.25) is 4.79 Å². The number of fused-ring (bicyclic) bond motifs is 1. The summed E-state index contributed by atoms with van der Waals surface area (Å²) in [6.45, 7) is 3.11. The summed E-state index contributed by atoms with van der Waals surface area (Å²) in [5.74, 6) is 0.214. The van der Waals surface area contributed by atoms with Gasteiger partial charge in [-0.15, -0.1) is 0 Å². The zero-order valence-corrected chi connectivity index (χ0v) is 20.5. The molecule has 0 radical (unpaired) electrons. The van der Waals surface area contributed by atoms with E-state index in [-0.39, 0.29) is 6.42 Å².